The van der Waals surface area contributed by atoms with Crippen molar-refractivity contribution in [2.75, 3.05) is 39.3 Å². The largest absolute Gasteiger partial charge is 0.395 e. The molecule has 102 valence electrons. The number of piperidine rings is 1. The average Bonchev–Trinajstić information content (AvgIpc) is 2.90. The number of hydrogen-bond acceptors (Lipinski definition) is 4. The van der Waals surface area contributed by atoms with Crippen molar-refractivity contribution in [2.24, 2.45) is 0 Å². The summed E-state index contributed by atoms with van der Waals surface area (Å²) >= 11 is 1.75. The molecule has 2 heterocycles. The molecule has 1 aliphatic heterocycles. The monoisotopic (exact) mass is 268 g/mol. The van der Waals surface area contributed by atoms with Crippen LogP contribution in [0.3, 0.4) is 0 Å². The van der Waals surface area contributed by atoms with E-state index >= 15 is 0 Å². The van der Waals surface area contributed by atoms with Gasteiger partial charge in [0.15, 0.2) is 0 Å². The Morgan fingerprint density at radius 3 is 2.72 bits per heavy atom. The minimum atomic E-state index is 0.254. The Kier molecular flexibility index (Phi) is 6.14. The maximum Gasteiger partial charge on any atom is 0.0558 e. The Morgan fingerprint density at radius 1 is 1.22 bits per heavy atom. The van der Waals surface area contributed by atoms with Crippen molar-refractivity contribution in [1.29, 1.82) is 0 Å². The first-order valence-electron chi connectivity index (χ1n) is 6.95. The number of aliphatic hydroxyl groups is 1. The zero-order valence-corrected chi connectivity index (χ0v) is 11.9. The third-order valence-electron chi connectivity index (χ3n) is 3.58. The molecule has 2 rings (SSSR count). The Bertz CT molecular complexity index is 310. The van der Waals surface area contributed by atoms with Crippen LogP contribution >= 0.6 is 11.3 Å². The molecule has 1 aromatic heterocycles. The van der Waals surface area contributed by atoms with Crippen molar-refractivity contribution in [2.45, 2.75) is 25.8 Å². The van der Waals surface area contributed by atoms with Crippen molar-refractivity contribution in [3.63, 3.8) is 0 Å². The highest BCUT2D eigenvalue weighted by Crippen LogP contribution is 2.11. The molecule has 0 atom stereocenters. The standard InChI is InChI=1S/C14H24N2OS/c17-10-9-16(12-14-4-11-18-13-14)8-7-15-5-2-1-3-6-15/h4,11,13,17H,1-3,5-10,12H2. The quantitative estimate of drug-likeness (QED) is 0.819. The summed E-state index contributed by atoms with van der Waals surface area (Å²) in [7, 11) is 0. The van der Waals surface area contributed by atoms with Gasteiger partial charge in [-0.25, -0.2) is 0 Å². The van der Waals surface area contributed by atoms with E-state index in [9.17, 15) is 0 Å². The number of aliphatic hydroxyl groups excluding tert-OH is 1. The summed E-state index contributed by atoms with van der Waals surface area (Å²) in [6, 6.07) is 2.18. The van der Waals surface area contributed by atoms with Gasteiger partial charge in [0.25, 0.3) is 0 Å². The number of thiophene rings is 1. The molecule has 1 aromatic rings. The second kappa shape index (κ2) is 7.89. The van der Waals surface area contributed by atoms with Crippen LogP contribution in [-0.2, 0) is 6.54 Å². The number of nitrogens with zero attached hydrogens (tertiary/aromatic N) is 2. The molecule has 1 fully saturated rings. The van der Waals surface area contributed by atoms with Crippen LogP contribution in [-0.4, -0.2) is 54.2 Å². The van der Waals surface area contributed by atoms with E-state index in [0.717, 1.165) is 26.2 Å². The zero-order chi connectivity index (χ0) is 12.6. The second-order valence-electron chi connectivity index (χ2n) is 5.03. The van der Waals surface area contributed by atoms with E-state index in [1.165, 1.54) is 37.9 Å². The molecule has 1 saturated heterocycles. The van der Waals surface area contributed by atoms with Crippen LogP contribution in [0.15, 0.2) is 16.8 Å². The summed E-state index contributed by atoms with van der Waals surface area (Å²) < 4.78 is 0. The first kappa shape index (κ1) is 14.0. The van der Waals surface area contributed by atoms with Crippen LogP contribution in [0.2, 0.25) is 0 Å². The van der Waals surface area contributed by atoms with Gasteiger partial charge in [-0.3, -0.25) is 4.90 Å². The van der Waals surface area contributed by atoms with E-state index in [1.54, 1.807) is 11.3 Å². The van der Waals surface area contributed by atoms with Crippen molar-refractivity contribution >= 4 is 11.3 Å². The van der Waals surface area contributed by atoms with Crippen molar-refractivity contribution in [3.8, 4) is 0 Å². The first-order chi connectivity index (χ1) is 8.88. The Labute approximate surface area is 114 Å². The van der Waals surface area contributed by atoms with E-state index in [0.29, 0.717) is 0 Å². The van der Waals surface area contributed by atoms with Crippen LogP contribution in [0.1, 0.15) is 24.8 Å². The lowest BCUT2D eigenvalue weighted by atomic mass is 10.1. The molecule has 1 aliphatic rings. The van der Waals surface area contributed by atoms with Gasteiger partial charge in [0.1, 0.15) is 0 Å². The molecule has 0 saturated carbocycles. The summed E-state index contributed by atoms with van der Waals surface area (Å²) in [5.41, 5.74) is 1.37. The topological polar surface area (TPSA) is 26.7 Å². The third kappa shape index (κ3) is 4.69. The molecule has 3 nitrogen and oxygen atoms in total. The Balaban J connectivity index is 1.74. The number of likely N-dealkylation sites (tertiary alicyclic amines) is 1. The minimum absolute atomic E-state index is 0.254. The van der Waals surface area contributed by atoms with Gasteiger partial charge in [0.2, 0.25) is 0 Å². The van der Waals surface area contributed by atoms with Crippen LogP contribution in [0.5, 0.6) is 0 Å². The molecule has 0 amide bonds. The van der Waals surface area contributed by atoms with Crippen LogP contribution < -0.4 is 0 Å². The van der Waals surface area contributed by atoms with Crippen LogP contribution in [0.25, 0.3) is 0 Å². The zero-order valence-electron chi connectivity index (χ0n) is 11.1. The molecular weight excluding hydrogens is 244 g/mol. The lowest BCUT2D eigenvalue weighted by molar-refractivity contribution is 0.153. The van der Waals surface area contributed by atoms with Gasteiger partial charge in [-0.2, -0.15) is 11.3 Å². The predicted molar refractivity (Wildman–Crippen MR) is 77.0 cm³/mol. The minimum Gasteiger partial charge on any atom is -0.395 e. The second-order valence-corrected chi connectivity index (χ2v) is 5.81. The molecule has 0 bridgehead atoms. The highest BCUT2D eigenvalue weighted by Gasteiger charge is 2.12. The van der Waals surface area contributed by atoms with Gasteiger partial charge in [-0.15, -0.1) is 0 Å². The van der Waals surface area contributed by atoms with Gasteiger partial charge >= 0.3 is 0 Å². The third-order valence-corrected chi connectivity index (χ3v) is 4.32. The van der Waals surface area contributed by atoms with E-state index in [-0.39, 0.29) is 6.61 Å². The van der Waals surface area contributed by atoms with Crippen molar-refractivity contribution < 1.29 is 5.11 Å². The molecule has 1 N–H and O–H groups in total. The van der Waals surface area contributed by atoms with Crippen LogP contribution in [0.4, 0.5) is 0 Å². The van der Waals surface area contributed by atoms with Gasteiger partial charge in [0.05, 0.1) is 6.61 Å². The van der Waals surface area contributed by atoms with E-state index in [1.807, 2.05) is 0 Å². The number of rotatable bonds is 7. The summed E-state index contributed by atoms with van der Waals surface area (Å²) in [6.07, 6.45) is 4.10. The molecule has 0 aromatic carbocycles. The fourth-order valence-corrected chi connectivity index (χ4v) is 3.18. The van der Waals surface area contributed by atoms with E-state index in [4.69, 9.17) is 5.11 Å². The normalized spacial score (nSPS) is 17.4. The molecular formula is C14H24N2OS. The van der Waals surface area contributed by atoms with Gasteiger partial charge in [-0.05, 0) is 48.3 Å². The summed E-state index contributed by atoms with van der Waals surface area (Å²) in [5, 5.41) is 13.5. The molecule has 18 heavy (non-hydrogen) atoms. The van der Waals surface area contributed by atoms with Gasteiger partial charge < -0.3 is 10.0 Å². The predicted octanol–water partition coefficient (Wildman–Crippen LogP) is 2.03. The van der Waals surface area contributed by atoms with Gasteiger partial charge in [0, 0.05) is 26.2 Å². The Morgan fingerprint density at radius 2 is 2.06 bits per heavy atom. The fraction of sp³-hybridized carbons (Fsp3) is 0.714. The molecule has 0 radical (unpaired) electrons. The smallest absolute Gasteiger partial charge is 0.0558 e. The number of hydrogen-bond donors (Lipinski definition) is 1. The highest BCUT2D eigenvalue weighted by atomic mass is 32.1. The van der Waals surface area contributed by atoms with Crippen molar-refractivity contribution in [1.82, 2.24) is 9.80 Å². The van der Waals surface area contributed by atoms with Gasteiger partial charge in [-0.1, -0.05) is 6.42 Å². The van der Waals surface area contributed by atoms with Crippen molar-refractivity contribution in [3.05, 3.63) is 22.4 Å². The van der Waals surface area contributed by atoms with E-state index in [2.05, 4.69) is 26.6 Å². The molecule has 4 heteroatoms. The Hall–Kier alpha value is -0.420. The summed E-state index contributed by atoms with van der Waals surface area (Å²) in [4.78, 5) is 4.91. The summed E-state index contributed by atoms with van der Waals surface area (Å²) in [5.74, 6) is 0. The molecule has 0 spiro atoms. The van der Waals surface area contributed by atoms with E-state index < -0.39 is 0 Å². The molecule has 0 aliphatic carbocycles. The maximum atomic E-state index is 9.15. The summed E-state index contributed by atoms with van der Waals surface area (Å²) in [6.45, 7) is 6.73. The fourth-order valence-electron chi connectivity index (χ4n) is 2.52. The average molecular weight is 268 g/mol. The maximum absolute atomic E-state index is 9.15. The lowest BCUT2D eigenvalue weighted by Gasteiger charge is -2.29. The SMILES string of the molecule is OCCN(CCN1CCCCC1)Cc1ccsc1. The van der Waals surface area contributed by atoms with Crippen LogP contribution in [0, 0.1) is 0 Å². The lowest BCUT2D eigenvalue weighted by Crippen LogP contribution is -2.38. The molecule has 0 unspecified atom stereocenters. The highest BCUT2D eigenvalue weighted by molar-refractivity contribution is 7.07. The first-order valence-corrected chi connectivity index (χ1v) is 7.89.